The van der Waals surface area contributed by atoms with Crippen molar-refractivity contribution in [3.63, 3.8) is 0 Å². The molecular formula is C22H17BrN4O3. The predicted octanol–water partition coefficient (Wildman–Crippen LogP) is 4.16. The van der Waals surface area contributed by atoms with E-state index in [2.05, 4.69) is 36.9 Å². The molecular weight excluding hydrogens is 448 g/mol. The number of benzene rings is 2. The highest BCUT2D eigenvalue weighted by molar-refractivity contribution is 9.10. The molecule has 3 N–H and O–H groups in total. The van der Waals surface area contributed by atoms with E-state index in [0.29, 0.717) is 22.8 Å². The number of aromatic nitrogens is 1. The summed E-state index contributed by atoms with van der Waals surface area (Å²) < 4.78 is 0.808. The number of amides is 3. The monoisotopic (exact) mass is 464 g/mol. The van der Waals surface area contributed by atoms with Crippen LogP contribution in [-0.2, 0) is 9.59 Å². The minimum absolute atomic E-state index is 0.0677. The number of para-hydroxylation sites is 1. The normalized spacial score (nSPS) is 15.0. The maximum atomic E-state index is 12.9. The molecule has 3 amide bonds. The Kier molecular flexibility index (Phi) is 5.58. The van der Waals surface area contributed by atoms with Crippen LogP contribution in [0.25, 0.3) is 0 Å². The average Bonchev–Trinajstić information content (AvgIpc) is 2.75. The van der Waals surface area contributed by atoms with Crippen LogP contribution in [-0.4, -0.2) is 22.7 Å². The number of hydrogen-bond donors (Lipinski definition) is 3. The van der Waals surface area contributed by atoms with Gasteiger partial charge in [-0.15, -0.1) is 0 Å². The van der Waals surface area contributed by atoms with E-state index in [4.69, 9.17) is 0 Å². The van der Waals surface area contributed by atoms with Crippen molar-refractivity contribution in [2.24, 2.45) is 0 Å². The van der Waals surface area contributed by atoms with E-state index in [1.165, 1.54) is 0 Å². The van der Waals surface area contributed by atoms with Crippen molar-refractivity contribution >= 4 is 50.8 Å². The summed E-state index contributed by atoms with van der Waals surface area (Å²) in [5.74, 6) is -1.03. The van der Waals surface area contributed by atoms with Crippen LogP contribution in [0.5, 0.6) is 0 Å². The van der Waals surface area contributed by atoms with Gasteiger partial charge in [0.15, 0.2) is 0 Å². The highest BCUT2D eigenvalue weighted by atomic mass is 79.9. The highest BCUT2D eigenvalue weighted by Crippen LogP contribution is 2.32. The summed E-state index contributed by atoms with van der Waals surface area (Å²) in [6.45, 7) is 0. The Morgan fingerprint density at radius 1 is 1.03 bits per heavy atom. The number of nitrogens with zero attached hydrogens (tertiary/aromatic N) is 1. The molecule has 0 fully saturated rings. The summed E-state index contributed by atoms with van der Waals surface area (Å²) in [6.07, 6.45) is 1.66. The zero-order valence-electron chi connectivity index (χ0n) is 15.7. The molecule has 4 rings (SSSR count). The van der Waals surface area contributed by atoms with Crippen molar-refractivity contribution in [3.8, 4) is 0 Å². The SMILES string of the molecule is O=C1C[C@@H](C(=O)Nc2cccc(C(=O)Nc3ccc(Br)cn3)c2)c2ccccc2N1. The largest absolute Gasteiger partial charge is 0.326 e. The molecule has 0 unspecified atom stereocenters. The molecule has 1 atom stereocenters. The molecule has 0 aliphatic carbocycles. The van der Waals surface area contributed by atoms with Gasteiger partial charge >= 0.3 is 0 Å². The molecule has 30 heavy (non-hydrogen) atoms. The van der Waals surface area contributed by atoms with Crippen molar-refractivity contribution < 1.29 is 14.4 Å². The molecule has 1 aliphatic rings. The van der Waals surface area contributed by atoms with Gasteiger partial charge < -0.3 is 16.0 Å². The highest BCUT2D eigenvalue weighted by Gasteiger charge is 2.30. The van der Waals surface area contributed by atoms with Crippen LogP contribution in [0.15, 0.2) is 71.3 Å². The maximum absolute atomic E-state index is 12.9. The Bertz CT molecular complexity index is 1130. The van der Waals surface area contributed by atoms with Gasteiger partial charge in [0.2, 0.25) is 11.8 Å². The fraction of sp³-hybridized carbons (Fsp3) is 0.0909. The molecule has 1 aliphatic heterocycles. The first kappa shape index (κ1) is 19.8. The molecule has 8 heteroatoms. The molecule has 3 aromatic rings. The van der Waals surface area contributed by atoms with Crippen LogP contribution in [0.2, 0.25) is 0 Å². The van der Waals surface area contributed by atoms with Crippen molar-refractivity contribution in [1.82, 2.24) is 4.98 Å². The third-order valence-corrected chi connectivity index (χ3v) is 5.15. The number of halogens is 1. The molecule has 7 nitrogen and oxygen atoms in total. The molecule has 0 bridgehead atoms. The minimum atomic E-state index is -0.598. The van der Waals surface area contributed by atoms with Crippen LogP contribution in [0.3, 0.4) is 0 Å². The molecule has 0 saturated heterocycles. The van der Waals surface area contributed by atoms with Gasteiger partial charge in [0.05, 0.1) is 5.92 Å². The Labute approximate surface area is 181 Å². The van der Waals surface area contributed by atoms with Crippen molar-refractivity contribution in [2.45, 2.75) is 12.3 Å². The standard InChI is InChI=1S/C22H17BrN4O3/c23-14-8-9-19(24-12-14)27-21(29)13-4-3-5-15(10-13)25-22(30)17-11-20(28)26-18-7-2-1-6-16(17)18/h1-10,12,17H,11H2,(H,25,30)(H,26,28)(H,24,27,29)/t17-/m1/s1. The van der Waals surface area contributed by atoms with Crippen LogP contribution in [0.4, 0.5) is 17.2 Å². The molecule has 1 aromatic heterocycles. The van der Waals surface area contributed by atoms with E-state index >= 15 is 0 Å². The molecule has 0 spiro atoms. The quantitative estimate of drug-likeness (QED) is 0.539. The second-order valence-electron chi connectivity index (χ2n) is 6.78. The van der Waals surface area contributed by atoms with Crippen LogP contribution in [0, 0.1) is 0 Å². The van der Waals surface area contributed by atoms with E-state index in [0.717, 1.165) is 10.0 Å². The zero-order chi connectivity index (χ0) is 21.1. The van der Waals surface area contributed by atoms with E-state index in [-0.39, 0.29) is 24.1 Å². The summed E-state index contributed by atoms with van der Waals surface area (Å²) in [6, 6.07) is 17.3. The second kappa shape index (κ2) is 8.46. The second-order valence-corrected chi connectivity index (χ2v) is 7.69. The Morgan fingerprint density at radius 2 is 1.87 bits per heavy atom. The lowest BCUT2D eigenvalue weighted by atomic mass is 9.90. The number of rotatable bonds is 4. The Balaban J connectivity index is 1.49. The summed E-state index contributed by atoms with van der Waals surface area (Å²) in [5, 5.41) is 8.31. The van der Waals surface area contributed by atoms with E-state index in [1.807, 2.05) is 18.2 Å². The summed E-state index contributed by atoms with van der Waals surface area (Å²) in [4.78, 5) is 41.5. The van der Waals surface area contributed by atoms with E-state index < -0.39 is 5.92 Å². The van der Waals surface area contributed by atoms with Gasteiger partial charge in [0.25, 0.3) is 5.91 Å². The first-order valence-electron chi connectivity index (χ1n) is 9.22. The van der Waals surface area contributed by atoms with Crippen LogP contribution >= 0.6 is 15.9 Å². The lowest BCUT2D eigenvalue weighted by molar-refractivity contribution is -0.123. The number of nitrogens with one attached hydrogen (secondary N) is 3. The number of anilines is 3. The minimum Gasteiger partial charge on any atom is -0.326 e. The van der Waals surface area contributed by atoms with Crippen LogP contribution < -0.4 is 16.0 Å². The number of pyridine rings is 1. The van der Waals surface area contributed by atoms with Gasteiger partial charge in [0, 0.05) is 34.0 Å². The zero-order valence-corrected chi connectivity index (χ0v) is 17.3. The molecule has 2 heterocycles. The number of fused-ring (bicyclic) bond motifs is 1. The lowest BCUT2D eigenvalue weighted by Gasteiger charge is -2.24. The Morgan fingerprint density at radius 3 is 2.67 bits per heavy atom. The average molecular weight is 465 g/mol. The predicted molar refractivity (Wildman–Crippen MR) is 117 cm³/mol. The third-order valence-electron chi connectivity index (χ3n) is 4.68. The van der Waals surface area contributed by atoms with Crippen LogP contribution in [0.1, 0.15) is 28.3 Å². The number of carbonyl (C=O) groups excluding carboxylic acids is 3. The number of carbonyl (C=O) groups is 3. The summed E-state index contributed by atoms with van der Waals surface area (Å²) in [5.41, 5.74) is 2.26. The van der Waals surface area contributed by atoms with Gasteiger partial charge in [-0.25, -0.2) is 4.98 Å². The summed E-state index contributed by atoms with van der Waals surface area (Å²) in [7, 11) is 0. The van der Waals surface area contributed by atoms with Gasteiger partial charge in [-0.3, -0.25) is 14.4 Å². The van der Waals surface area contributed by atoms with Gasteiger partial charge in [-0.05, 0) is 57.9 Å². The molecule has 0 radical (unpaired) electrons. The number of hydrogen-bond acceptors (Lipinski definition) is 4. The molecule has 2 aromatic carbocycles. The maximum Gasteiger partial charge on any atom is 0.256 e. The van der Waals surface area contributed by atoms with Crippen molar-refractivity contribution in [1.29, 1.82) is 0 Å². The lowest BCUT2D eigenvalue weighted by Crippen LogP contribution is -2.30. The van der Waals surface area contributed by atoms with E-state index in [9.17, 15) is 14.4 Å². The van der Waals surface area contributed by atoms with E-state index in [1.54, 1.807) is 48.7 Å². The first-order valence-corrected chi connectivity index (χ1v) is 10.0. The van der Waals surface area contributed by atoms with Gasteiger partial charge in [0.1, 0.15) is 5.82 Å². The van der Waals surface area contributed by atoms with Gasteiger partial charge in [-0.2, -0.15) is 0 Å². The van der Waals surface area contributed by atoms with Crippen molar-refractivity contribution in [3.05, 3.63) is 82.5 Å². The third kappa shape index (κ3) is 4.38. The molecule has 0 saturated carbocycles. The fourth-order valence-corrected chi connectivity index (χ4v) is 3.49. The smallest absolute Gasteiger partial charge is 0.256 e. The Hall–Kier alpha value is -3.52. The van der Waals surface area contributed by atoms with Gasteiger partial charge in [-0.1, -0.05) is 24.3 Å². The topological polar surface area (TPSA) is 100 Å². The first-order chi connectivity index (χ1) is 14.5. The van der Waals surface area contributed by atoms with Crippen molar-refractivity contribution in [2.75, 3.05) is 16.0 Å². The fourth-order valence-electron chi connectivity index (χ4n) is 3.25. The molecule has 150 valence electrons. The summed E-state index contributed by atoms with van der Waals surface area (Å²) >= 11 is 3.30.